The smallest absolute Gasteiger partial charge is 0.0544 e. The molecule has 1 aromatic heterocycles. The van der Waals surface area contributed by atoms with Crippen LogP contribution in [0.2, 0.25) is 0 Å². The summed E-state index contributed by atoms with van der Waals surface area (Å²) in [5, 5.41) is 4.94. The Hall–Kier alpha value is -7.94. The van der Waals surface area contributed by atoms with Crippen LogP contribution in [0, 0.1) is 0 Å². The number of benzene rings is 10. The first-order valence-corrected chi connectivity index (χ1v) is 21.9. The zero-order valence-electron chi connectivity index (χ0n) is 35.3. The topological polar surface area (TPSA) is 8.17 Å². The van der Waals surface area contributed by atoms with Crippen LogP contribution in [0.5, 0.6) is 0 Å². The van der Waals surface area contributed by atoms with E-state index in [0.29, 0.717) is 0 Å². The van der Waals surface area contributed by atoms with Crippen molar-refractivity contribution in [3.05, 3.63) is 242 Å². The van der Waals surface area contributed by atoms with E-state index >= 15 is 0 Å². The van der Waals surface area contributed by atoms with Crippen LogP contribution in [0.25, 0.3) is 82.8 Å². The standard InChI is InChI=1S/C61H44N2/c1-61(2)57-21-13-12-20-53(57)54-39-56-55-38-48(29-35-59(55)63(60(56)40-58(54)61)49-18-10-5-11-19-49)45-22-23-47-37-52(34-28-46(47)36-45)62(50-30-24-43(25-31-50)41-14-6-3-7-15-41)51-32-26-44(27-33-51)42-16-8-4-9-17-42/h3-40H,1-2H3. The first-order chi connectivity index (χ1) is 31.0. The predicted octanol–water partition coefficient (Wildman–Crippen LogP) is 16.7. The highest BCUT2D eigenvalue weighted by atomic mass is 15.1. The van der Waals surface area contributed by atoms with Crippen molar-refractivity contribution in [2.75, 3.05) is 4.90 Å². The van der Waals surface area contributed by atoms with Crippen molar-refractivity contribution in [2.45, 2.75) is 19.3 Å². The van der Waals surface area contributed by atoms with Gasteiger partial charge in [0.05, 0.1) is 11.0 Å². The molecule has 63 heavy (non-hydrogen) atoms. The summed E-state index contributed by atoms with van der Waals surface area (Å²) in [6.45, 7) is 4.73. The van der Waals surface area contributed by atoms with Crippen molar-refractivity contribution >= 4 is 49.6 Å². The van der Waals surface area contributed by atoms with E-state index in [1.807, 2.05) is 0 Å². The molecule has 1 heterocycles. The molecule has 0 N–H and O–H groups in total. The Bertz CT molecular complexity index is 3410. The van der Waals surface area contributed by atoms with Crippen molar-refractivity contribution in [1.82, 2.24) is 4.57 Å². The second-order valence-electron chi connectivity index (χ2n) is 17.4. The van der Waals surface area contributed by atoms with Gasteiger partial charge in [-0.3, -0.25) is 0 Å². The Morgan fingerprint density at radius 1 is 0.333 bits per heavy atom. The normalized spacial score (nSPS) is 12.7. The molecule has 0 aliphatic heterocycles. The fourth-order valence-corrected chi connectivity index (χ4v) is 10.1. The van der Waals surface area contributed by atoms with E-state index in [-0.39, 0.29) is 5.41 Å². The molecule has 298 valence electrons. The average molecular weight is 805 g/mol. The Balaban J connectivity index is 0.952. The summed E-state index contributed by atoms with van der Waals surface area (Å²) in [4.78, 5) is 2.36. The highest BCUT2D eigenvalue weighted by molar-refractivity contribution is 6.13. The van der Waals surface area contributed by atoms with Gasteiger partial charge in [0.2, 0.25) is 0 Å². The van der Waals surface area contributed by atoms with Crippen LogP contribution < -0.4 is 4.90 Å². The van der Waals surface area contributed by atoms with Gasteiger partial charge in [0.1, 0.15) is 0 Å². The van der Waals surface area contributed by atoms with Gasteiger partial charge < -0.3 is 9.47 Å². The van der Waals surface area contributed by atoms with Gasteiger partial charge in [-0.15, -0.1) is 0 Å². The highest BCUT2D eigenvalue weighted by Crippen LogP contribution is 2.51. The minimum absolute atomic E-state index is 0.0781. The summed E-state index contributed by atoms with van der Waals surface area (Å²) in [6, 6.07) is 84.5. The van der Waals surface area contributed by atoms with E-state index in [9.17, 15) is 0 Å². The van der Waals surface area contributed by atoms with Gasteiger partial charge in [-0.2, -0.15) is 0 Å². The maximum Gasteiger partial charge on any atom is 0.0544 e. The zero-order valence-corrected chi connectivity index (χ0v) is 35.3. The number of nitrogens with zero attached hydrogens (tertiary/aromatic N) is 2. The molecule has 0 spiro atoms. The summed E-state index contributed by atoms with van der Waals surface area (Å²) >= 11 is 0. The highest BCUT2D eigenvalue weighted by Gasteiger charge is 2.36. The van der Waals surface area contributed by atoms with Crippen LogP contribution in [-0.4, -0.2) is 4.57 Å². The summed E-state index contributed by atoms with van der Waals surface area (Å²) in [5.41, 5.74) is 19.6. The molecule has 0 atom stereocenters. The number of rotatable bonds is 7. The van der Waals surface area contributed by atoms with Crippen LogP contribution in [0.4, 0.5) is 17.1 Å². The molecule has 0 bridgehead atoms. The zero-order chi connectivity index (χ0) is 42.1. The van der Waals surface area contributed by atoms with Crippen LogP contribution in [0.15, 0.2) is 231 Å². The SMILES string of the molecule is CC1(C)c2ccccc2-c2cc3c4cc(-c5ccc6cc(N(c7ccc(-c8ccccc8)cc7)c7ccc(-c8ccccc8)cc7)ccc6c5)ccc4n(-c4ccccc4)c3cc21. The largest absolute Gasteiger partial charge is 0.310 e. The Morgan fingerprint density at radius 3 is 1.49 bits per heavy atom. The molecule has 0 saturated heterocycles. The first-order valence-electron chi connectivity index (χ1n) is 21.9. The second kappa shape index (κ2) is 14.6. The molecule has 0 saturated carbocycles. The van der Waals surface area contributed by atoms with Gasteiger partial charge in [0.25, 0.3) is 0 Å². The van der Waals surface area contributed by atoms with Gasteiger partial charge in [0, 0.05) is 38.9 Å². The summed E-state index contributed by atoms with van der Waals surface area (Å²) in [7, 11) is 0. The average Bonchev–Trinajstić information content (AvgIpc) is 3.78. The quantitative estimate of drug-likeness (QED) is 0.156. The number of fused-ring (bicyclic) bond motifs is 7. The molecular weight excluding hydrogens is 761 g/mol. The lowest BCUT2D eigenvalue weighted by molar-refractivity contribution is 0.661. The lowest BCUT2D eigenvalue weighted by Gasteiger charge is -2.26. The van der Waals surface area contributed by atoms with Gasteiger partial charge in [-0.05, 0) is 145 Å². The van der Waals surface area contributed by atoms with E-state index in [4.69, 9.17) is 0 Å². The molecule has 2 nitrogen and oxygen atoms in total. The van der Waals surface area contributed by atoms with Crippen LogP contribution in [0.1, 0.15) is 25.0 Å². The van der Waals surface area contributed by atoms with Crippen LogP contribution in [0.3, 0.4) is 0 Å². The lowest BCUT2D eigenvalue weighted by atomic mass is 9.82. The van der Waals surface area contributed by atoms with Crippen molar-refractivity contribution in [2.24, 2.45) is 0 Å². The number of para-hydroxylation sites is 1. The van der Waals surface area contributed by atoms with E-state index < -0.39 is 0 Å². The van der Waals surface area contributed by atoms with E-state index in [1.54, 1.807) is 0 Å². The Labute approximate surface area is 368 Å². The van der Waals surface area contributed by atoms with Gasteiger partial charge in [-0.1, -0.05) is 166 Å². The van der Waals surface area contributed by atoms with Crippen LogP contribution in [-0.2, 0) is 5.41 Å². The molecule has 12 rings (SSSR count). The minimum atomic E-state index is -0.0781. The summed E-state index contributed by atoms with van der Waals surface area (Å²) in [5.74, 6) is 0. The Kier molecular flexibility index (Phi) is 8.55. The van der Waals surface area contributed by atoms with E-state index in [2.05, 4.69) is 254 Å². The molecule has 10 aromatic carbocycles. The number of hydrogen-bond acceptors (Lipinski definition) is 1. The van der Waals surface area contributed by atoms with Crippen molar-refractivity contribution in [3.8, 4) is 50.2 Å². The molecule has 1 aliphatic carbocycles. The van der Waals surface area contributed by atoms with Gasteiger partial charge >= 0.3 is 0 Å². The second-order valence-corrected chi connectivity index (χ2v) is 17.4. The van der Waals surface area contributed by atoms with E-state index in [1.165, 1.54) is 93.9 Å². The first kappa shape index (κ1) is 36.9. The lowest BCUT2D eigenvalue weighted by Crippen LogP contribution is -2.14. The number of hydrogen-bond donors (Lipinski definition) is 0. The molecule has 2 heteroatoms. The summed E-state index contributed by atoms with van der Waals surface area (Å²) in [6.07, 6.45) is 0. The minimum Gasteiger partial charge on any atom is -0.310 e. The molecule has 0 fully saturated rings. The molecular formula is C61H44N2. The van der Waals surface area contributed by atoms with E-state index in [0.717, 1.165) is 17.1 Å². The molecule has 1 aliphatic rings. The predicted molar refractivity (Wildman–Crippen MR) is 267 cm³/mol. The maximum atomic E-state index is 2.46. The van der Waals surface area contributed by atoms with Crippen molar-refractivity contribution < 1.29 is 0 Å². The number of anilines is 3. The van der Waals surface area contributed by atoms with Gasteiger partial charge in [0.15, 0.2) is 0 Å². The van der Waals surface area contributed by atoms with Crippen molar-refractivity contribution in [1.29, 1.82) is 0 Å². The molecule has 11 aromatic rings. The number of aromatic nitrogens is 1. The monoisotopic (exact) mass is 804 g/mol. The Morgan fingerprint density at radius 2 is 0.825 bits per heavy atom. The molecule has 0 unspecified atom stereocenters. The van der Waals surface area contributed by atoms with Gasteiger partial charge in [-0.25, -0.2) is 0 Å². The third kappa shape index (κ3) is 6.17. The van der Waals surface area contributed by atoms with Crippen LogP contribution >= 0.6 is 0 Å². The van der Waals surface area contributed by atoms with Crippen molar-refractivity contribution in [3.63, 3.8) is 0 Å². The molecule has 0 radical (unpaired) electrons. The molecule has 0 amide bonds. The third-order valence-corrected chi connectivity index (χ3v) is 13.4. The third-order valence-electron chi connectivity index (χ3n) is 13.4. The fourth-order valence-electron chi connectivity index (χ4n) is 10.1. The summed E-state index contributed by atoms with van der Waals surface area (Å²) < 4.78 is 2.45. The fraction of sp³-hybridized carbons (Fsp3) is 0.0492. The maximum absolute atomic E-state index is 2.46.